The monoisotopic (exact) mass is 376 g/mol. The molecule has 1 aromatic carbocycles. The average Bonchev–Trinajstić information content (AvgIpc) is 2.82. The molecule has 0 aromatic heterocycles. The standard InChI is InChI=1S/C15H21BrN2O2.ClH/c1-15(2)8-18(4-3-13(15)17)7-10-5-11(16)14-12(6-10)19-9-20-14;/h5-6,13H,3-4,7-9,17H2,1-2H3;1H. The average molecular weight is 378 g/mol. The summed E-state index contributed by atoms with van der Waals surface area (Å²) in [5, 5.41) is 0. The molecular formula is C15H22BrClN2O2. The molecule has 4 nitrogen and oxygen atoms in total. The van der Waals surface area contributed by atoms with Gasteiger partial charge in [0.2, 0.25) is 6.79 Å². The van der Waals surface area contributed by atoms with Gasteiger partial charge in [-0.25, -0.2) is 0 Å². The van der Waals surface area contributed by atoms with Crippen molar-refractivity contribution in [3.05, 3.63) is 22.2 Å². The molecule has 2 N–H and O–H groups in total. The van der Waals surface area contributed by atoms with Crippen molar-refractivity contribution in [3.8, 4) is 11.5 Å². The third kappa shape index (κ3) is 3.47. The number of piperidine rings is 1. The number of nitrogens with zero attached hydrogens (tertiary/aromatic N) is 1. The highest BCUT2D eigenvalue weighted by Gasteiger charge is 2.33. The molecule has 2 heterocycles. The van der Waals surface area contributed by atoms with Crippen LogP contribution in [0.15, 0.2) is 16.6 Å². The number of halogens is 2. The largest absolute Gasteiger partial charge is 0.454 e. The van der Waals surface area contributed by atoms with Crippen LogP contribution in [0.25, 0.3) is 0 Å². The molecule has 2 aliphatic rings. The van der Waals surface area contributed by atoms with Crippen molar-refractivity contribution in [3.63, 3.8) is 0 Å². The number of rotatable bonds is 2. The maximum Gasteiger partial charge on any atom is 0.231 e. The lowest BCUT2D eigenvalue weighted by Crippen LogP contribution is -2.52. The van der Waals surface area contributed by atoms with Crippen LogP contribution >= 0.6 is 28.3 Å². The van der Waals surface area contributed by atoms with E-state index in [0.717, 1.165) is 42.0 Å². The van der Waals surface area contributed by atoms with Crippen molar-refractivity contribution in [1.82, 2.24) is 4.90 Å². The van der Waals surface area contributed by atoms with Gasteiger partial charge in [0.25, 0.3) is 0 Å². The highest BCUT2D eigenvalue weighted by atomic mass is 79.9. The second-order valence-corrected chi connectivity index (χ2v) is 7.26. The molecule has 0 radical (unpaired) electrons. The summed E-state index contributed by atoms with van der Waals surface area (Å²) in [4.78, 5) is 2.47. The van der Waals surface area contributed by atoms with Crippen LogP contribution in [0.3, 0.4) is 0 Å². The molecule has 0 saturated carbocycles. The number of benzene rings is 1. The number of likely N-dealkylation sites (tertiary alicyclic amines) is 1. The van der Waals surface area contributed by atoms with Crippen LogP contribution in [0.1, 0.15) is 25.8 Å². The Labute approximate surface area is 140 Å². The van der Waals surface area contributed by atoms with Crippen LogP contribution < -0.4 is 15.2 Å². The van der Waals surface area contributed by atoms with Gasteiger partial charge in [0.15, 0.2) is 11.5 Å². The highest BCUT2D eigenvalue weighted by molar-refractivity contribution is 9.10. The zero-order chi connectivity index (χ0) is 14.3. The molecule has 1 aromatic rings. The zero-order valence-electron chi connectivity index (χ0n) is 12.4. The van der Waals surface area contributed by atoms with E-state index in [2.05, 4.69) is 46.8 Å². The van der Waals surface area contributed by atoms with Crippen molar-refractivity contribution in [1.29, 1.82) is 0 Å². The van der Waals surface area contributed by atoms with E-state index in [1.54, 1.807) is 0 Å². The molecule has 0 spiro atoms. The van der Waals surface area contributed by atoms with Crippen LogP contribution in [0.4, 0.5) is 0 Å². The molecule has 2 aliphatic heterocycles. The van der Waals surface area contributed by atoms with Crippen LogP contribution in [0, 0.1) is 5.41 Å². The van der Waals surface area contributed by atoms with Gasteiger partial charge in [-0.1, -0.05) is 13.8 Å². The lowest BCUT2D eigenvalue weighted by molar-refractivity contribution is 0.0898. The first-order chi connectivity index (χ1) is 9.45. The molecule has 1 saturated heterocycles. The van der Waals surface area contributed by atoms with E-state index in [4.69, 9.17) is 15.2 Å². The maximum atomic E-state index is 6.20. The number of ether oxygens (including phenoxy) is 2. The van der Waals surface area contributed by atoms with Gasteiger partial charge in [-0.15, -0.1) is 12.4 Å². The normalized spacial score (nSPS) is 23.7. The SMILES string of the molecule is CC1(C)CN(Cc2cc(Br)c3c(c2)OCO3)CCC1N.Cl. The molecule has 21 heavy (non-hydrogen) atoms. The lowest BCUT2D eigenvalue weighted by Gasteiger charge is -2.42. The van der Waals surface area contributed by atoms with Crippen LogP contribution in [0.2, 0.25) is 0 Å². The Kier molecular flexibility index (Phi) is 5.08. The number of hydrogen-bond donors (Lipinski definition) is 1. The summed E-state index contributed by atoms with van der Waals surface area (Å²) in [6.07, 6.45) is 1.05. The van der Waals surface area contributed by atoms with Gasteiger partial charge in [0.05, 0.1) is 4.47 Å². The second-order valence-electron chi connectivity index (χ2n) is 6.41. The van der Waals surface area contributed by atoms with Crippen molar-refractivity contribution in [2.24, 2.45) is 11.1 Å². The lowest BCUT2D eigenvalue weighted by atomic mass is 9.79. The van der Waals surface area contributed by atoms with Crippen LogP contribution in [-0.2, 0) is 6.54 Å². The third-order valence-electron chi connectivity index (χ3n) is 4.28. The van der Waals surface area contributed by atoms with Gasteiger partial charge >= 0.3 is 0 Å². The first-order valence-electron chi connectivity index (χ1n) is 7.02. The molecule has 6 heteroatoms. The van der Waals surface area contributed by atoms with Gasteiger partial charge in [0.1, 0.15) is 0 Å². The topological polar surface area (TPSA) is 47.7 Å². The number of fused-ring (bicyclic) bond motifs is 1. The first kappa shape index (κ1) is 16.9. The predicted molar refractivity (Wildman–Crippen MR) is 89.2 cm³/mol. The third-order valence-corrected chi connectivity index (χ3v) is 4.87. The fourth-order valence-electron chi connectivity index (χ4n) is 2.99. The molecule has 3 rings (SSSR count). The Morgan fingerprint density at radius 1 is 1.38 bits per heavy atom. The number of hydrogen-bond acceptors (Lipinski definition) is 4. The Morgan fingerprint density at radius 3 is 2.86 bits per heavy atom. The van der Waals surface area contributed by atoms with Gasteiger partial charge in [-0.05, 0) is 45.5 Å². The van der Waals surface area contributed by atoms with E-state index >= 15 is 0 Å². The Morgan fingerprint density at radius 2 is 2.14 bits per heavy atom. The second kappa shape index (κ2) is 6.32. The Bertz CT molecular complexity index is 525. The van der Waals surface area contributed by atoms with E-state index in [1.165, 1.54) is 5.56 Å². The molecule has 0 amide bonds. The molecule has 1 unspecified atom stereocenters. The summed E-state index contributed by atoms with van der Waals surface area (Å²) in [6, 6.07) is 4.49. The molecule has 1 fully saturated rings. The zero-order valence-corrected chi connectivity index (χ0v) is 14.8. The van der Waals surface area contributed by atoms with Crippen LogP contribution in [-0.4, -0.2) is 30.8 Å². The van der Waals surface area contributed by atoms with E-state index in [-0.39, 0.29) is 17.8 Å². The fraction of sp³-hybridized carbons (Fsp3) is 0.600. The molecule has 0 aliphatic carbocycles. The van der Waals surface area contributed by atoms with E-state index < -0.39 is 0 Å². The summed E-state index contributed by atoms with van der Waals surface area (Å²) >= 11 is 3.55. The van der Waals surface area contributed by atoms with Crippen molar-refractivity contribution >= 4 is 28.3 Å². The minimum Gasteiger partial charge on any atom is -0.454 e. The first-order valence-corrected chi connectivity index (χ1v) is 7.81. The minimum atomic E-state index is 0. The maximum absolute atomic E-state index is 6.20. The van der Waals surface area contributed by atoms with Gasteiger partial charge < -0.3 is 15.2 Å². The summed E-state index contributed by atoms with van der Waals surface area (Å²) in [6.45, 7) is 7.81. The molecular weight excluding hydrogens is 356 g/mol. The Balaban J connectivity index is 0.00000161. The predicted octanol–water partition coefficient (Wildman–Crippen LogP) is 3.16. The van der Waals surface area contributed by atoms with E-state index in [9.17, 15) is 0 Å². The molecule has 1 atom stereocenters. The molecule has 118 valence electrons. The quantitative estimate of drug-likeness (QED) is 0.860. The minimum absolute atomic E-state index is 0. The highest BCUT2D eigenvalue weighted by Crippen LogP contribution is 2.40. The van der Waals surface area contributed by atoms with E-state index in [0.29, 0.717) is 12.8 Å². The van der Waals surface area contributed by atoms with Crippen molar-refractivity contribution in [2.45, 2.75) is 32.9 Å². The van der Waals surface area contributed by atoms with Crippen molar-refractivity contribution < 1.29 is 9.47 Å². The van der Waals surface area contributed by atoms with Crippen molar-refractivity contribution in [2.75, 3.05) is 19.9 Å². The summed E-state index contributed by atoms with van der Waals surface area (Å²) in [5.41, 5.74) is 7.61. The summed E-state index contributed by atoms with van der Waals surface area (Å²) < 4.78 is 11.9. The van der Waals surface area contributed by atoms with Gasteiger partial charge in [-0.2, -0.15) is 0 Å². The number of nitrogens with two attached hydrogens (primary N) is 1. The smallest absolute Gasteiger partial charge is 0.231 e. The van der Waals surface area contributed by atoms with Gasteiger partial charge in [0, 0.05) is 25.7 Å². The Hall–Kier alpha value is -0.490. The van der Waals surface area contributed by atoms with Gasteiger partial charge in [-0.3, -0.25) is 4.90 Å². The summed E-state index contributed by atoms with van der Waals surface area (Å²) in [5.74, 6) is 1.65. The van der Waals surface area contributed by atoms with E-state index in [1.807, 2.05) is 0 Å². The van der Waals surface area contributed by atoms with Crippen LogP contribution in [0.5, 0.6) is 11.5 Å². The summed E-state index contributed by atoms with van der Waals surface area (Å²) in [7, 11) is 0. The molecule has 0 bridgehead atoms. The fourth-order valence-corrected chi connectivity index (χ4v) is 3.59.